The number of carbonyl (C=O) groups is 1. The summed E-state index contributed by atoms with van der Waals surface area (Å²) in [7, 11) is 1.54. The second-order valence-electron chi connectivity index (χ2n) is 9.67. The van der Waals surface area contributed by atoms with Crippen LogP contribution in [-0.4, -0.2) is 39.1 Å². The molecule has 3 rings (SSSR count). The lowest BCUT2D eigenvalue weighted by Crippen LogP contribution is -2.24. The number of Topliss-reactive ketones (excluding diaryl/α,β-unsaturated/α-hetero) is 1. The number of rotatable bonds is 13. The summed E-state index contributed by atoms with van der Waals surface area (Å²) in [6, 6.07) is 7.88. The summed E-state index contributed by atoms with van der Waals surface area (Å²) in [4.78, 5) is 26.5. The number of ketones is 1. The highest BCUT2D eigenvalue weighted by Crippen LogP contribution is 2.30. The zero-order valence-corrected chi connectivity index (χ0v) is 23.8. The highest BCUT2D eigenvalue weighted by atomic mass is 19.1. The van der Waals surface area contributed by atoms with Gasteiger partial charge in [-0.2, -0.15) is 4.68 Å². The Labute approximate surface area is 228 Å². The number of aryl methyl sites for hydroxylation is 1. The van der Waals surface area contributed by atoms with E-state index in [-0.39, 0.29) is 35.3 Å². The SMILES string of the molecule is CCC[C@@H](C)Oc1cc(-n2nc(C(C)OC(C)OCC)n(C)c2=O)c(F)cc1C(=O)Cc1c(C)cccc1N. The van der Waals surface area contributed by atoms with E-state index in [1.807, 2.05) is 39.8 Å². The molecule has 39 heavy (non-hydrogen) atoms. The van der Waals surface area contributed by atoms with Gasteiger partial charge in [0.1, 0.15) is 23.4 Å². The maximum atomic E-state index is 15.6. The normalized spacial score (nSPS) is 13.7. The third-order valence-electron chi connectivity index (χ3n) is 6.56. The zero-order chi connectivity index (χ0) is 28.9. The van der Waals surface area contributed by atoms with Crippen molar-refractivity contribution >= 4 is 11.5 Å². The van der Waals surface area contributed by atoms with Crippen molar-refractivity contribution in [1.29, 1.82) is 0 Å². The topological polar surface area (TPSA) is 111 Å². The number of anilines is 1. The first-order valence-corrected chi connectivity index (χ1v) is 13.3. The van der Waals surface area contributed by atoms with Gasteiger partial charge < -0.3 is 19.9 Å². The molecular formula is C29H39FN4O5. The van der Waals surface area contributed by atoms with Gasteiger partial charge in [0, 0.05) is 31.8 Å². The van der Waals surface area contributed by atoms with Crippen LogP contribution in [-0.2, 0) is 22.9 Å². The van der Waals surface area contributed by atoms with Crippen LogP contribution in [0.25, 0.3) is 5.69 Å². The third kappa shape index (κ3) is 6.93. The van der Waals surface area contributed by atoms with E-state index in [2.05, 4.69) is 5.10 Å². The van der Waals surface area contributed by atoms with Crippen LogP contribution >= 0.6 is 0 Å². The second-order valence-corrected chi connectivity index (χ2v) is 9.67. The molecule has 2 N–H and O–H groups in total. The molecule has 2 aromatic carbocycles. The monoisotopic (exact) mass is 542 g/mol. The van der Waals surface area contributed by atoms with E-state index in [0.29, 0.717) is 23.7 Å². The van der Waals surface area contributed by atoms with Crippen molar-refractivity contribution in [1.82, 2.24) is 14.3 Å². The number of aromatic nitrogens is 3. The summed E-state index contributed by atoms with van der Waals surface area (Å²) in [6.07, 6.45) is 0.207. The van der Waals surface area contributed by atoms with Crippen molar-refractivity contribution in [2.24, 2.45) is 7.05 Å². The van der Waals surface area contributed by atoms with Crippen LogP contribution in [0, 0.1) is 12.7 Å². The molecule has 10 heteroatoms. The van der Waals surface area contributed by atoms with Gasteiger partial charge in [0.2, 0.25) is 0 Å². The lowest BCUT2D eigenvalue weighted by atomic mass is 9.97. The molecule has 9 nitrogen and oxygen atoms in total. The van der Waals surface area contributed by atoms with Crippen LogP contribution in [0.5, 0.6) is 5.75 Å². The quantitative estimate of drug-likeness (QED) is 0.183. The molecule has 3 aromatic rings. The molecule has 0 aliphatic heterocycles. The van der Waals surface area contributed by atoms with E-state index in [0.717, 1.165) is 29.2 Å². The van der Waals surface area contributed by atoms with Crippen LogP contribution in [0.4, 0.5) is 10.1 Å². The Bertz CT molecular complexity index is 1350. The average Bonchev–Trinajstić information content (AvgIpc) is 3.16. The summed E-state index contributed by atoms with van der Waals surface area (Å²) in [5, 5.41) is 4.37. The standard InChI is InChI=1S/C29H39FN4O5/c1-8-11-18(4)38-27-16-25(34-29(36)33(7)28(32-34)19(5)39-20(6)37-9-2)23(30)14-22(27)26(35)15-21-17(3)12-10-13-24(21)31/h10,12-14,16,18-20H,8-9,11,15,31H2,1-7H3/t18-,19?,20?/m1/s1. The fourth-order valence-electron chi connectivity index (χ4n) is 4.51. The van der Waals surface area contributed by atoms with Gasteiger partial charge in [0.25, 0.3) is 0 Å². The zero-order valence-electron chi connectivity index (χ0n) is 23.8. The molecular weight excluding hydrogens is 503 g/mol. The van der Waals surface area contributed by atoms with Gasteiger partial charge in [0.05, 0.1) is 11.7 Å². The molecule has 0 saturated carbocycles. The largest absolute Gasteiger partial charge is 0.490 e. The van der Waals surface area contributed by atoms with E-state index in [1.54, 1.807) is 19.9 Å². The molecule has 212 valence electrons. The molecule has 0 radical (unpaired) electrons. The van der Waals surface area contributed by atoms with Crippen molar-refractivity contribution in [3.05, 3.63) is 69.1 Å². The van der Waals surface area contributed by atoms with Crippen LogP contribution in [0.1, 0.15) is 80.9 Å². The molecule has 3 atom stereocenters. The van der Waals surface area contributed by atoms with E-state index >= 15 is 4.39 Å². The highest BCUT2D eigenvalue weighted by molar-refractivity contribution is 6.01. The smallest absolute Gasteiger partial charge is 0.350 e. The van der Waals surface area contributed by atoms with E-state index in [1.165, 1.54) is 17.7 Å². The molecule has 1 aromatic heterocycles. The van der Waals surface area contributed by atoms with Crippen molar-refractivity contribution < 1.29 is 23.4 Å². The van der Waals surface area contributed by atoms with E-state index in [4.69, 9.17) is 19.9 Å². The average molecular weight is 543 g/mol. The van der Waals surface area contributed by atoms with Crippen molar-refractivity contribution in [2.75, 3.05) is 12.3 Å². The van der Waals surface area contributed by atoms with Crippen molar-refractivity contribution in [2.45, 2.75) is 79.3 Å². The third-order valence-corrected chi connectivity index (χ3v) is 6.56. The lowest BCUT2D eigenvalue weighted by Gasteiger charge is -2.19. The van der Waals surface area contributed by atoms with Gasteiger partial charge in [-0.3, -0.25) is 9.36 Å². The van der Waals surface area contributed by atoms with Gasteiger partial charge in [-0.15, -0.1) is 5.10 Å². The number of nitrogen functional groups attached to an aromatic ring is 1. The Morgan fingerprint density at radius 2 is 1.90 bits per heavy atom. The van der Waals surface area contributed by atoms with E-state index < -0.39 is 23.9 Å². The first kappa shape index (κ1) is 30.0. The molecule has 0 aliphatic rings. The van der Waals surface area contributed by atoms with Gasteiger partial charge in [-0.05, 0) is 64.3 Å². The Morgan fingerprint density at radius 1 is 1.18 bits per heavy atom. The number of nitrogens with two attached hydrogens (primary N) is 1. The second kappa shape index (κ2) is 13.0. The number of halogens is 1. The first-order valence-electron chi connectivity index (χ1n) is 13.3. The molecule has 0 bridgehead atoms. The first-order chi connectivity index (χ1) is 18.5. The van der Waals surface area contributed by atoms with Crippen molar-refractivity contribution in [3.8, 4) is 11.4 Å². The highest BCUT2D eigenvalue weighted by Gasteiger charge is 2.25. The Morgan fingerprint density at radius 3 is 2.54 bits per heavy atom. The number of nitrogens with zero attached hydrogens (tertiary/aromatic N) is 3. The number of ether oxygens (including phenoxy) is 3. The summed E-state index contributed by atoms with van der Waals surface area (Å²) in [6.45, 7) is 11.6. The minimum absolute atomic E-state index is 0.0175. The molecule has 0 aliphatic carbocycles. The Hall–Kier alpha value is -3.50. The summed E-state index contributed by atoms with van der Waals surface area (Å²) >= 11 is 0. The molecule has 0 fully saturated rings. The minimum atomic E-state index is -0.783. The van der Waals surface area contributed by atoms with Crippen LogP contribution in [0.15, 0.2) is 35.1 Å². The number of benzene rings is 2. The van der Waals surface area contributed by atoms with Gasteiger partial charge in [-0.1, -0.05) is 25.5 Å². The fourth-order valence-corrected chi connectivity index (χ4v) is 4.51. The summed E-state index contributed by atoms with van der Waals surface area (Å²) in [5.41, 5.74) is 7.54. The van der Waals surface area contributed by atoms with Crippen LogP contribution < -0.4 is 16.2 Å². The minimum Gasteiger partial charge on any atom is -0.490 e. The predicted molar refractivity (Wildman–Crippen MR) is 148 cm³/mol. The van der Waals surface area contributed by atoms with Gasteiger partial charge in [0.15, 0.2) is 17.9 Å². The van der Waals surface area contributed by atoms with E-state index in [9.17, 15) is 9.59 Å². The molecule has 0 amide bonds. The number of hydrogen-bond acceptors (Lipinski definition) is 7. The molecule has 0 spiro atoms. The Balaban J connectivity index is 2.06. The number of carbonyl (C=O) groups excluding carboxylic acids is 1. The van der Waals surface area contributed by atoms with Crippen LogP contribution in [0.3, 0.4) is 0 Å². The number of hydrogen-bond donors (Lipinski definition) is 1. The molecule has 0 saturated heterocycles. The molecule has 2 unspecified atom stereocenters. The maximum absolute atomic E-state index is 15.6. The van der Waals surface area contributed by atoms with Gasteiger partial charge >= 0.3 is 5.69 Å². The van der Waals surface area contributed by atoms with Gasteiger partial charge in [-0.25, -0.2) is 9.18 Å². The summed E-state index contributed by atoms with van der Waals surface area (Å²) < 4.78 is 35.2. The van der Waals surface area contributed by atoms with Crippen LogP contribution in [0.2, 0.25) is 0 Å². The van der Waals surface area contributed by atoms with Crippen molar-refractivity contribution in [3.63, 3.8) is 0 Å². The maximum Gasteiger partial charge on any atom is 0.350 e. The fraction of sp³-hybridized carbons (Fsp3) is 0.483. The Kier molecular flexibility index (Phi) is 10.0. The summed E-state index contributed by atoms with van der Waals surface area (Å²) in [5.74, 6) is -0.656. The predicted octanol–water partition coefficient (Wildman–Crippen LogP) is 5.05. The lowest BCUT2D eigenvalue weighted by molar-refractivity contribution is -0.156. The molecule has 1 heterocycles.